The first-order valence-corrected chi connectivity index (χ1v) is 11.1. The number of methoxy groups -OCH3 is 1. The van der Waals surface area contributed by atoms with Gasteiger partial charge < -0.3 is 24.4 Å². The molecule has 7 heteroatoms. The quantitative estimate of drug-likeness (QED) is 0.308. The van der Waals surface area contributed by atoms with Crippen molar-refractivity contribution in [3.05, 3.63) is 24.3 Å². The van der Waals surface area contributed by atoms with Crippen LogP contribution < -0.4 is 14.8 Å². The van der Waals surface area contributed by atoms with E-state index in [1.165, 1.54) is 25.7 Å². The van der Waals surface area contributed by atoms with Gasteiger partial charge in [0.15, 0.2) is 5.96 Å². The molecule has 1 saturated carbocycles. The monoisotopic (exact) mass is 531 g/mol. The topological polar surface area (TPSA) is 55.3 Å². The molecule has 6 nitrogen and oxygen atoms in total. The number of rotatable bonds is 8. The molecule has 0 spiro atoms. The minimum atomic E-state index is 0. The molecule has 0 aromatic heterocycles. The van der Waals surface area contributed by atoms with Crippen molar-refractivity contribution in [2.24, 2.45) is 10.9 Å². The fraction of sp³-hybridized carbons (Fsp3) is 0.696. The summed E-state index contributed by atoms with van der Waals surface area (Å²) >= 11 is 0. The zero-order valence-electron chi connectivity index (χ0n) is 18.6. The third-order valence-electron chi connectivity index (χ3n) is 5.94. The number of halogens is 1. The molecule has 170 valence electrons. The molecular weight excluding hydrogens is 493 g/mol. The van der Waals surface area contributed by atoms with E-state index >= 15 is 0 Å². The summed E-state index contributed by atoms with van der Waals surface area (Å²) in [5.74, 6) is 3.42. The highest BCUT2D eigenvalue weighted by molar-refractivity contribution is 14.0. The second-order valence-corrected chi connectivity index (χ2v) is 8.20. The Hall–Kier alpha value is -1.22. The molecule has 2 aliphatic rings. The number of benzene rings is 1. The molecule has 1 aromatic rings. The summed E-state index contributed by atoms with van der Waals surface area (Å²) in [4.78, 5) is 6.79. The Morgan fingerprint density at radius 3 is 2.33 bits per heavy atom. The number of nitrogens with one attached hydrogen (secondary N) is 1. The van der Waals surface area contributed by atoms with E-state index in [4.69, 9.17) is 14.2 Å². The van der Waals surface area contributed by atoms with Crippen molar-refractivity contribution in [1.29, 1.82) is 0 Å². The number of guanidine groups is 1. The zero-order chi connectivity index (χ0) is 20.5. The Kier molecular flexibility index (Phi) is 11.1. The lowest BCUT2D eigenvalue weighted by Crippen LogP contribution is -2.48. The van der Waals surface area contributed by atoms with Crippen LogP contribution >= 0.6 is 24.0 Å². The molecule has 1 heterocycles. The third-order valence-corrected chi connectivity index (χ3v) is 5.94. The van der Waals surface area contributed by atoms with Gasteiger partial charge >= 0.3 is 0 Å². The molecule has 1 aliphatic heterocycles. The van der Waals surface area contributed by atoms with Crippen molar-refractivity contribution in [1.82, 2.24) is 10.2 Å². The Labute approximate surface area is 198 Å². The van der Waals surface area contributed by atoms with Crippen LogP contribution in [0.4, 0.5) is 0 Å². The van der Waals surface area contributed by atoms with Crippen LogP contribution in [-0.4, -0.2) is 63.5 Å². The lowest BCUT2D eigenvalue weighted by Gasteiger charge is -2.34. The molecule has 1 N–H and O–H groups in total. The number of piperidine rings is 1. The van der Waals surface area contributed by atoms with Gasteiger partial charge in [0, 0.05) is 26.7 Å². The van der Waals surface area contributed by atoms with Crippen LogP contribution in [0.25, 0.3) is 0 Å². The van der Waals surface area contributed by atoms with Crippen molar-refractivity contribution < 1.29 is 14.2 Å². The summed E-state index contributed by atoms with van der Waals surface area (Å²) < 4.78 is 17.4. The minimum Gasteiger partial charge on any atom is -0.497 e. The van der Waals surface area contributed by atoms with Gasteiger partial charge in [0.2, 0.25) is 0 Å². The molecular formula is C23H38IN3O3. The predicted octanol–water partition coefficient (Wildman–Crippen LogP) is 4.33. The number of hydrogen-bond donors (Lipinski definition) is 1. The van der Waals surface area contributed by atoms with Crippen LogP contribution in [0.5, 0.6) is 11.5 Å². The first kappa shape index (κ1) is 25.0. The van der Waals surface area contributed by atoms with Gasteiger partial charge in [-0.15, -0.1) is 24.0 Å². The Balaban J connectivity index is 0.00000320. The maximum absolute atomic E-state index is 6.19. The molecule has 1 atom stereocenters. The van der Waals surface area contributed by atoms with Crippen LogP contribution in [0.15, 0.2) is 29.3 Å². The predicted molar refractivity (Wildman–Crippen MR) is 132 cm³/mol. The van der Waals surface area contributed by atoms with Gasteiger partial charge in [0.1, 0.15) is 17.6 Å². The van der Waals surface area contributed by atoms with Crippen LogP contribution in [-0.2, 0) is 4.74 Å². The molecule has 2 fully saturated rings. The minimum absolute atomic E-state index is 0. The molecule has 1 saturated heterocycles. The molecule has 30 heavy (non-hydrogen) atoms. The van der Waals surface area contributed by atoms with E-state index in [1.807, 2.05) is 31.3 Å². The van der Waals surface area contributed by atoms with Crippen LogP contribution in [0.2, 0.25) is 0 Å². The summed E-state index contributed by atoms with van der Waals surface area (Å²) in [6, 6.07) is 7.68. The number of hydrogen-bond acceptors (Lipinski definition) is 4. The number of nitrogens with zero attached hydrogens (tertiary/aromatic N) is 2. The Morgan fingerprint density at radius 1 is 1.10 bits per heavy atom. The normalized spacial score (nSPS) is 19.3. The van der Waals surface area contributed by atoms with Crippen molar-refractivity contribution >= 4 is 29.9 Å². The smallest absolute Gasteiger partial charge is 0.193 e. The summed E-state index contributed by atoms with van der Waals surface area (Å²) in [5.41, 5.74) is 0. The molecule has 0 amide bonds. The van der Waals surface area contributed by atoms with E-state index < -0.39 is 0 Å². The van der Waals surface area contributed by atoms with Crippen molar-refractivity contribution in [3.8, 4) is 11.5 Å². The van der Waals surface area contributed by atoms with Gasteiger partial charge in [0.05, 0.1) is 19.8 Å². The van der Waals surface area contributed by atoms with Gasteiger partial charge in [-0.1, -0.05) is 12.8 Å². The average Bonchev–Trinajstić information content (AvgIpc) is 3.28. The summed E-state index contributed by atoms with van der Waals surface area (Å²) in [5, 5.41) is 3.46. The van der Waals surface area contributed by atoms with Crippen molar-refractivity contribution in [2.45, 2.75) is 57.7 Å². The van der Waals surface area contributed by atoms with E-state index in [-0.39, 0.29) is 30.1 Å². The van der Waals surface area contributed by atoms with Gasteiger partial charge in [-0.3, -0.25) is 4.99 Å². The Bertz CT molecular complexity index is 627. The van der Waals surface area contributed by atoms with Crippen LogP contribution in [0, 0.1) is 5.92 Å². The highest BCUT2D eigenvalue weighted by Crippen LogP contribution is 2.26. The zero-order valence-corrected chi connectivity index (χ0v) is 21.0. The van der Waals surface area contributed by atoms with E-state index in [9.17, 15) is 0 Å². The Morgan fingerprint density at radius 2 is 1.73 bits per heavy atom. The average molecular weight is 531 g/mol. The first-order valence-electron chi connectivity index (χ1n) is 11.1. The molecule has 1 aromatic carbocycles. The molecule has 1 aliphatic carbocycles. The van der Waals surface area contributed by atoms with E-state index in [2.05, 4.69) is 22.1 Å². The highest BCUT2D eigenvalue weighted by atomic mass is 127. The second kappa shape index (κ2) is 13.2. The molecule has 1 unspecified atom stereocenters. The fourth-order valence-corrected chi connectivity index (χ4v) is 4.18. The molecule has 0 bridgehead atoms. The second-order valence-electron chi connectivity index (χ2n) is 8.20. The number of aliphatic imine (C=N–C) groups is 1. The lowest BCUT2D eigenvalue weighted by atomic mass is 10.1. The first-order chi connectivity index (χ1) is 14.2. The van der Waals surface area contributed by atoms with Gasteiger partial charge in [-0.25, -0.2) is 0 Å². The summed E-state index contributed by atoms with van der Waals surface area (Å²) in [6.07, 6.45) is 8.06. The van der Waals surface area contributed by atoms with E-state index in [0.717, 1.165) is 55.9 Å². The number of likely N-dealkylation sites (tertiary alicyclic amines) is 1. The lowest BCUT2D eigenvalue weighted by molar-refractivity contribution is 0.000961. The fourth-order valence-electron chi connectivity index (χ4n) is 4.18. The SMILES string of the molecule is CN=C(NCC(C)Oc1ccc(OC)cc1)N1CCC(OCC2CCCC2)CC1.I. The maximum Gasteiger partial charge on any atom is 0.193 e. The van der Waals surface area contributed by atoms with Crippen molar-refractivity contribution in [3.63, 3.8) is 0 Å². The largest absolute Gasteiger partial charge is 0.497 e. The van der Waals surface area contributed by atoms with E-state index in [1.54, 1.807) is 7.11 Å². The van der Waals surface area contributed by atoms with Crippen LogP contribution in [0.1, 0.15) is 45.4 Å². The van der Waals surface area contributed by atoms with Gasteiger partial charge in [-0.05, 0) is 62.8 Å². The van der Waals surface area contributed by atoms with Crippen molar-refractivity contribution in [2.75, 3.05) is 40.4 Å². The standard InChI is InChI=1S/C23H37N3O3.HI/c1-18(29-22-10-8-20(27-3)9-11-22)16-25-23(24-2)26-14-12-21(13-15-26)28-17-19-6-4-5-7-19;/h8-11,18-19,21H,4-7,12-17H2,1-3H3,(H,24,25);1H. The highest BCUT2D eigenvalue weighted by Gasteiger charge is 2.24. The molecule has 3 rings (SSSR count). The summed E-state index contributed by atoms with van der Waals surface area (Å²) in [6.45, 7) is 5.70. The molecule has 0 radical (unpaired) electrons. The number of ether oxygens (including phenoxy) is 3. The van der Waals surface area contributed by atoms with Crippen LogP contribution in [0.3, 0.4) is 0 Å². The van der Waals surface area contributed by atoms with E-state index in [0.29, 0.717) is 12.6 Å². The van der Waals surface area contributed by atoms with Gasteiger partial charge in [-0.2, -0.15) is 0 Å². The maximum atomic E-state index is 6.19. The third kappa shape index (κ3) is 7.80. The summed E-state index contributed by atoms with van der Waals surface area (Å²) in [7, 11) is 3.51. The van der Waals surface area contributed by atoms with Gasteiger partial charge in [0.25, 0.3) is 0 Å².